The second-order valence-electron chi connectivity index (χ2n) is 9.86. The highest BCUT2D eigenvalue weighted by atomic mass is 16.3. The Bertz CT molecular complexity index is 795. The van der Waals surface area contributed by atoms with Crippen molar-refractivity contribution in [3.63, 3.8) is 0 Å². The summed E-state index contributed by atoms with van der Waals surface area (Å²) < 4.78 is 0. The van der Waals surface area contributed by atoms with Crippen LogP contribution in [-0.2, 0) is 16.0 Å². The van der Waals surface area contributed by atoms with E-state index in [0.29, 0.717) is 6.54 Å². The molecule has 2 amide bonds. The molecule has 2 N–H and O–H groups in total. The highest BCUT2D eigenvalue weighted by molar-refractivity contribution is 5.96. The van der Waals surface area contributed by atoms with Gasteiger partial charge in [-0.05, 0) is 49.3 Å². The molecular weight excluding hydrogens is 390 g/mol. The van der Waals surface area contributed by atoms with Crippen molar-refractivity contribution >= 4 is 17.5 Å². The van der Waals surface area contributed by atoms with Gasteiger partial charge in [0, 0.05) is 49.7 Å². The number of likely N-dealkylation sites (tertiary alicyclic amines) is 1. The second kappa shape index (κ2) is 9.70. The number of fused-ring (bicyclic) bond motifs is 1. The first-order valence-electron chi connectivity index (χ1n) is 12.1. The van der Waals surface area contributed by atoms with Gasteiger partial charge in [-0.1, -0.05) is 38.8 Å². The van der Waals surface area contributed by atoms with E-state index < -0.39 is 6.10 Å². The lowest BCUT2D eigenvalue weighted by Crippen LogP contribution is -2.46. The van der Waals surface area contributed by atoms with Gasteiger partial charge in [0.2, 0.25) is 11.8 Å². The SMILES string of the molecule is CC(C)C(=O)N1CCc2cc(C(O)CN3CCC(NC(=O)C4CCCC4)CC3)ccc21. The number of nitrogens with zero attached hydrogens (tertiary/aromatic N) is 2. The Hall–Kier alpha value is -1.92. The van der Waals surface area contributed by atoms with Crippen LogP contribution >= 0.6 is 0 Å². The van der Waals surface area contributed by atoms with E-state index in [1.807, 2.05) is 30.9 Å². The van der Waals surface area contributed by atoms with Crippen molar-refractivity contribution in [2.24, 2.45) is 11.8 Å². The fourth-order valence-corrected chi connectivity index (χ4v) is 5.29. The molecule has 4 rings (SSSR count). The van der Waals surface area contributed by atoms with E-state index in [-0.39, 0.29) is 29.7 Å². The Morgan fingerprint density at radius 2 is 1.81 bits per heavy atom. The zero-order valence-electron chi connectivity index (χ0n) is 19.0. The van der Waals surface area contributed by atoms with Gasteiger partial charge >= 0.3 is 0 Å². The summed E-state index contributed by atoms with van der Waals surface area (Å²) >= 11 is 0. The third-order valence-corrected chi connectivity index (χ3v) is 7.23. The minimum atomic E-state index is -0.537. The van der Waals surface area contributed by atoms with Crippen molar-refractivity contribution in [2.45, 2.75) is 70.9 Å². The Balaban J connectivity index is 1.27. The van der Waals surface area contributed by atoms with Gasteiger partial charge in [-0.3, -0.25) is 9.59 Å². The molecule has 0 radical (unpaired) electrons. The normalized spacial score (nSPS) is 21.5. The van der Waals surface area contributed by atoms with Crippen LogP contribution in [0.3, 0.4) is 0 Å². The van der Waals surface area contributed by atoms with E-state index in [1.165, 1.54) is 12.8 Å². The van der Waals surface area contributed by atoms with Crippen LogP contribution in [0.4, 0.5) is 5.69 Å². The topological polar surface area (TPSA) is 72.9 Å². The molecule has 0 aromatic heterocycles. The molecule has 1 aromatic carbocycles. The summed E-state index contributed by atoms with van der Waals surface area (Å²) in [6.07, 6.45) is 6.66. The number of anilines is 1. The van der Waals surface area contributed by atoms with Crippen LogP contribution in [0.2, 0.25) is 0 Å². The van der Waals surface area contributed by atoms with Crippen LogP contribution in [0, 0.1) is 11.8 Å². The number of hydrogen-bond donors (Lipinski definition) is 2. The fraction of sp³-hybridized carbons (Fsp3) is 0.680. The van der Waals surface area contributed by atoms with E-state index in [4.69, 9.17) is 0 Å². The van der Waals surface area contributed by atoms with Crippen molar-refractivity contribution < 1.29 is 14.7 Å². The summed E-state index contributed by atoms with van der Waals surface area (Å²) in [5.41, 5.74) is 3.07. The molecule has 3 aliphatic rings. The molecule has 2 heterocycles. The van der Waals surface area contributed by atoms with Crippen LogP contribution in [0.15, 0.2) is 18.2 Å². The Kier molecular flexibility index (Phi) is 6.97. The van der Waals surface area contributed by atoms with Gasteiger partial charge in [-0.2, -0.15) is 0 Å². The largest absolute Gasteiger partial charge is 0.387 e. The standard InChI is InChI=1S/C25H37N3O3/c1-17(2)25(31)28-14-9-19-15-20(7-8-22(19)28)23(29)16-27-12-10-21(11-13-27)26-24(30)18-5-3-4-6-18/h7-8,15,17-18,21,23,29H,3-6,9-14,16H2,1-2H3,(H,26,30). The van der Waals surface area contributed by atoms with Crippen LogP contribution in [0.1, 0.15) is 69.6 Å². The number of carbonyl (C=O) groups is 2. The van der Waals surface area contributed by atoms with Crippen molar-refractivity contribution in [2.75, 3.05) is 31.1 Å². The van der Waals surface area contributed by atoms with Gasteiger partial charge in [-0.25, -0.2) is 0 Å². The zero-order valence-corrected chi connectivity index (χ0v) is 19.0. The number of aliphatic hydroxyl groups is 1. The molecule has 2 aliphatic heterocycles. The number of amides is 2. The zero-order chi connectivity index (χ0) is 22.0. The number of piperidine rings is 1. The lowest BCUT2D eigenvalue weighted by Gasteiger charge is -2.34. The maximum atomic E-state index is 12.4. The first-order chi connectivity index (χ1) is 14.9. The van der Waals surface area contributed by atoms with Crippen LogP contribution in [0.25, 0.3) is 0 Å². The van der Waals surface area contributed by atoms with Crippen LogP contribution < -0.4 is 10.2 Å². The molecule has 1 aromatic rings. The molecule has 170 valence electrons. The number of nitrogens with one attached hydrogen (secondary N) is 1. The third-order valence-electron chi connectivity index (χ3n) is 7.23. The van der Waals surface area contributed by atoms with E-state index in [0.717, 1.165) is 68.6 Å². The summed E-state index contributed by atoms with van der Waals surface area (Å²) in [7, 11) is 0. The molecule has 1 aliphatic carbocycles. The monoisotopic (exact) mass is 427 g/mol. The van der Waals surface area contributed by atoms with Crippen molar-refractivity contribution in [3.8, 4) is 0 Å². The smallest absolute Gasteiger partial charge is 0.229 e. The predicted octanol–water partition coefficient (Wildman–Crippen LogP) is 3.04. The molecular formula is C25H37N3O3. The number of carbonyl (C=O) groups excluding carboxylic acids is 2. The molecule has 1 unspecified atom stereocenters. The van der Waals surface area contributed by atoms with E-state index in [2.05, 4.69) is 16.3 Å². The molecule has 1 saturated carbocycles. The third kappa shape index (κ3) is 5.12. The van der Waals surface area contributed by atoms with Gasteiger partial charge in [0.05, 0.1) is 6.10 Å². The van der Waals surface area contributed by atoms with E-state index >= 15 is 0 Å². The molecule has 31 heavy (non-hydrogen) atoms. The molecule has 1 saturated heterocycles. The van der Waals surface area contributed by atoms with Gasteiger partial charge in [0.25, 0.3) is 0 Å². The van der Waals surface area contributed by atoms with Gasteiger partial charge in [0.15, 0.2) is 0 Å². The lowest BCUT2D eigenvalue weighted by molar-refractivity contribution is -0.126. The highest BCUT2D eigenvalue weighted by Gasteiger charge is 2.29. The van der Waals surface area contributed by atoms with Gasteiger partial charge < -0.3 is 20.2 Å². The minimum absolute atomic E-state index is 0.0120. The highest BCUT2D eigenvalue weighted by Crippen LogP contribution is 2.32. The maximum Gasteiger partial charge on any atom is 0.229 e. The summed E-state index contributed by atoms with van der Waals surface area (Å²) in [6.45, 7) is 6.99. The number of aliphatic hydroxyl groups excluding tert-OH is 1. The van der Waals surface area contributed by atoms with E-state index in [1.54, 1.807) is 0 Å². The Labute approximate surface area is 186 Å². The maximum absolute atomic E-state index is 12.4. The van der Waals surface area contributed by atoms with Gasteiger partial charge in [-0.15, -0.1) is 0 Å². The first kappa shape index (κ1) is 22.3. The number of hydrogen-bond acceptors (Lipinski definition) is 4. The second-order valence-corrected chi connectivity index (χ2v) is 9.86. The average molecular weight is 428 g/mol. The summed E-state index contributed by atoms with van der Waals surface area (Å²) in [4.78, 5) is 28.9. The fourth-order valence-electron chi connectivity index (χ4n) is 5.29. The molecule has 1 atom stereocenters. The molecule has 2 fully saturated rings. The summed E-state index contributed by atoms with van der Waals surface area (Å²) in [6, 6.07) is 6.30. The van der Waals surface area contributed by atoms with Gasteiger partial charge in [0.1, 0.15) is 0 Å². The Morgan fingerprint density at radius 3 is 2.48 bits per heavy atom. The summed E-state index contributed by atoms with van der Waals surface area (Å²) in [5, 5.41) is 14.1. The predicted molar refractivity (Wildman–Crippen MR) is 122 cm³/mol. The average Bonchev–Trinajstić information content (AvgIpc) is 3.44. The minimum Gasteiger partial charge on any atom is -0.387 e. The molecule has 6 nitrogen and oxygen atoms in total. The van der Waals surface area contributed by atoms with Crippen molar-refractivity contribution in [1.29, 1.82) is 0 Å². The lowest BCUT2D eigenvalue weighted by atomic mass is 10.00. The molecule has 6 heteroatoms. The quantitative estimate of drug-likeness (QED) is 0.732. The van der Waals surface area contributed by atoms with Crippen molar-refractivity contribution in [3.05, 3.63) is 29.3 Å². The number of β-amino-alcohol motifs (C(OH)–C–C–N with tert-alkyl or cyclic N) is 1. The van der Waals surface area contributed by atoms with Crippen molar-refractivity contribution in [1.82, 2.24) is 10.2 Å². The van der Waals surface area contributed by atoms with E-state index in [9.17, 15) is 14.7 Å². The summed E-state index contributed by atoms with van der Waals surface area (Å²) in [5.74, 6) is 0.627. The molecule has 0 spiro atoms. The number of benzene rings is 1. The molecule has 0 bridgehead atoms. The number of rotatable bonds is 6. The first-order valence-corrected chi connectivity index (χ1v) is 12.1. The van der Waals surface area contributed by atoms with Crippen LogP contribution in [0.5, 0.6) is 0 Å². The Morgan fingerprint density at radius 1 is 1.10 bits per heavy atom. The van der Waals surface area contributed by atoms with Crippen LogP contribution in [-0.4, -0.2) is 54.0 Å².